The number of ether oxygens (including phenoxy) is 2. The topological polar surface area (TPSA) is 52.6 Å². The van der Waals surface area contributed by atoms with E-state index in [1.807, 2.05) is 0 Å². The highest BCUT2D eigenvalue weighted by Crippen LogP contribution is 2.10. The maximum atomic E-state index is 12.4. The van der Waals surface area contributed by atoms with E-state index in [-0.39, 0.29) is 19.6 Å². The van der Waals surface area contributed by atoms with Gasteiger partial charge >= 0.3 is 10.2 Å². The largest absolute Gasteiger partial charge is 0.502 e. The lowest BCUT2D eigenvalue weighted by Crippen LogP contribution is -2.22. The van der Waals surface area contributed by atoms with Crippen LogP contribution in [0.1, 0.15) is 13.3 Å². The van der Waals surface area contributed by atoms with Gasteiger partial charge in [-0.3, -0.25) is 0 Å². The minimum atomic E-state index is -4.64. The summed E-state index contributed by atoms with van der Waals surface area (Å²) in [7, 11) is -4.64. The Bertz CT molecular complexity index is 237. The van der Waals surface area contributed by atoms with E-state index in [0.29, 0.717) is 0 Å². The molecule has 0 spiro atoms. The average Bonchev–Trinajstić information content (AvgIpc) is 2.01. The van der Waals surface area contributed by atoms with E-state index in [1.54, 1.807) is 6.92 Å². The first kappa shape index (κ1) is 12.4. The van der Waals surface area contributed by atoms with Crippen LogP contribution in [0, 0.1) is 0 Å². The van der Waals surface area contributed by atoms with Crippen LogP contribution < -0.4 is 0 Å². The molecular weight excluding hydrogens is 199 g/mol. The Balaban J connectivity index is 4.03. The lowest BCUT2D eigenvalue weighted by Gasteiger charge is -2.11. The van der Waals surface area contributed by atoms with Gasteiger partial charge in [-0.2, -0.15) is 8.42 Å². The van der Waals surface area contributed by atoms with Crippen molar-refractivity contribution in [2.45, 2.75) is 18.8 Å². The summed E-state index contributed by atoms with van der Waals surface area (Å²) >= 11 is 0. The van der Waals surface area contributed by atoms with Crippen LogP contribution in [0.2, 0.25) is 0 Å². The summed E-state index contributed by atoms with van der Waals surface area (Å²) in [5, 5.41) is 0. The molecule has 1 unspecified atom stereocenters. The zero-order valence-electron chi connectivity index (χ0n) is 7.40. The predicted octanol–water partition coefficient (Wildman–Crippen LogP) is 1.20. The van der Waals surface area contributed by atoms with E-state index in [9.17, 15) is 12.3 Å². The molecule has 0 aromatic heterocycles. The summed E-state index contributed by atoms with van der Waals surface area (Å²) in [6.45, 7) is 5.06. The second-order valence-electron chi connectivity index (χ2n) is 2.19. The lowest BCUT2D eigenvalue weighted by molar-refractivity contribution is 0.0888. The van der Waals surface area contributed by atoms with E-state index in [0.717, 1.165) is 6.26 Å². The van der Waals surface area contributed by atoms with Gasteiger partial charge in [0.2, 0.25) is 0 Å². The van der Waals surface area contributed by atoms with Crippen molar-refractivity contribution >= 4 is 10.2 Å². The molecule has 0 aliphatic heterocycles. The maximum absolute atomic E-state index is 12.4. The second-order valence-corrected chi connectivity index (χ2v) is 3.66. The number of hydrogen-bond donors (Lipinski definition) is 0. The van der Waals surface area contributed by atoms with Crippen LogP contribution in [0.5, 0.6) is 0 Å². The monoisotopic (exact) mass is 212 g/mol. The summed E-state index contributed by atoms with van der Waals surface area (Å²) < 4.78 is 42.7. The Kier molecular flexibility index (Phi) is 5.65. The summed E-state index contributed by atoms with van der Waals surface area (Å²) in [5.41, 5.74) is -1.43. The number of halogens is 1. The first-order chi connectivity index (χ1) is 6.02. The van der Waals surface area contributed by atoms with Crippen LogP contribution >= 0.6 is 0 Å². The summed E-state index contributed by atoms with van der Waals surface area (Å²) in [6, 6.07) is 0. The molecular formula is C7H13FO4S. The molecule has 0 fully saturated rings. The molecule has 1 atom stereocenters. The zero-order chi connectivity index (χ0) is 10.3. The molecule has 78 valence electrons. The van der Waals surface area contributed by atoms with Crippen molar-refractivity contribution in [1.29, 1.82) is 0 Å². The molecule has 0 bridgehead atoms. The van der Waals surface area contributed by atoms with Crippen LogP contribution in [-0.4, -0.2) is 27.1 Å². The van der Waals surface area contributed by atoms with Gasteiger partial charge in [-0.15, -0.1) is 3.89 Å². The minimum Gasteiger partial charge on any atom is -0.502 e. The van der Waals surface area contributed by atoms with Crippen molar-refractivity contribution in [3.8, 4) is 0 Å². The van der Waals surface area contributed by atoms with Crippen LogP contribution in [0.3, 0.4) is 0 Å². The molecule has 0 aliphatic rings. The molecule has 4 nitrogen and oxygen atoms in total. The second kappa shape index (κ2) is 5.93. The molecule has 0 heterocycles. The molecule has 0 aromatic rings. The van der Waals surface area contributed by atoms with Gasteiger partial charge in [0, 0.05) is 13.0 Å². The van der Waals surface area contributed by atoms with Crippen molar-refractivity contribution in [3.05, 3.63) is 12.8 Å². The summed E-state index contributed by atoms with van der Waals surface area (Å²) in [6.07, 6.45) is 1.12. The predicted molar refractivity (Wildman–Crippen MR) is 46.2 cm³/mol. The Morgan fingerprint density at radius 2 is 2.23 bits per heavy atom. The normalized spacial score (nSPS) is 13.7. The van der Waals surface area contributed by atoms with Gasteiger partial charge in [-0.1, -0.05) is 6.58 Å². The van der Waals surface area contributed by atoms with Gasteiger partial charge in [0.05, 0.1) is 12.9 Å². The van der Waals surface area contributed by atoms with Gasteiger partial charge in [-0.25, -0.2) is 0 Å². The maximum Gasteiger partial charge on any atom is 0.329 e. The Morgan fingerprint density at radius 3 is 2.62 bits per heavy atom. The van der Waals surface area contributed by atoms with Gasteiger partial charge in [-0.05, 0) is 6.92 Å². The first-order valence-corrected chi connectivity index (χ1v) is 5.24. The zero-order valence-corrected chi connectivity index (χ0v) is 8.22. The highest BCUT2D eigenvalue weighted by molar-refractivity contribution is 7.86. The highest BCUT2D eigenvalue weighted by Gasteiger charge is 2.24. The van der Waals surface area contributed by atoms with E-state index < -0.39 is 15.7 Å². The van der Waals surface area contributed by atoms with Crippen LogP contribution in [0.25, 0.3) is 0 Å². The van der Waals surface area contributed by atoms with Crippen molar-refractivity contribution in [2.75, 3.05) is 13.2 Å². The van der Waals surface area contributed by atoms with Crippen LogP contribution in [-0.2, 0) is 19.7 Å². The minimum absolute atomic E-state index is 0.0430. The number of hydrogen-bond acceptors (Lipinski definition) is 4. The van der Waals surface area contributed by atoms with Crippen molar-refractivity contribution in [1.82, 2.24) is 0 Å². The SMILES string of the molecule is C=COCCC(OCC)S(=O)(=O)F. The van der Waals surface area contributed by atoms with Crippen LogP contribution in [0.15, 0.2) is 12.8 Å². The molecule has 0 saturated carbocycles. The van der Waals surface area contributed by atoms with Crippen LogP contribution in [0.4, 0.5) is 3.89 Å². The fourth-order valence-electron chi connectivity index (χ4n) is 0.739. The van der Waals surface area contributed by atoms with Gasteiger partial charge in [0.15, 0.2) is 5.44 Å². The molecule has 0 aromatic carbocycles. The van der Waals surface area contributed by atoms with E-state index in [2.05, 4.69) is 16.1 Å². The molecule has 0 rings (SSSR count). The third kappa shape index (κ3) is 5.59. The summed E-state index contributed by atoms with van der Waals surface area (Å²) in [4.78, 5) is 0. The average molecular weight is 212 g/mol. The molecule has 0 saturated heterocycles. The van der Waals surface area contributed by atoms with E-state index >= 15 is 0 Å². The lowest BCUT2D eigenvalue weighted by atomic mass is 10.5. The summed E-state index contributed by atoms with van der Waals surface area (Å²) in [5.74, 6) is 0. The smallest absolute Gasteiger partial charge is 0.329 e. The van der Waals surface area contributed by atoms with E-state index in [1.165, 1.54) is 0 Å². The third-order valence-corrected chi connectivity index (χ3v) is 2.26. The van der Waals surface area contributed by atoms with E-state index in [4.69, 9.17) is 0 Å². The number of rotatable bonds is 7. The standard InChI is InChI=1S/C7H13FO4S/c1-3-11-6-5-7(12-4-2)13(8,9)10/h3,7H,1,4-6H2,2H3. The highest BCUT2D eigenvalue weighted by atomic mass is 32.3. The Hall–Kier alpha value is -0.620. The Morgan fingerprint density at radius 1 is 1.62 bits per heavy atom. The van der Waals surface area contributed by atoms with Gasteiger partial charge in [0.25, 0.3) is 0 Å². The molecule has 0 radical (unpaired) electrons. The quantitative estimate of drug-likeness (QED) is 0.361. The van der Waals surface area contributed by atoms with Crippen molar-refractivity contribution in [3.63, 3.8) is 0 Å². The molecule has 0 amide bonds. The van der Waals surface area contributed by atoms with Crippen molar-refractivity contribution < 1.29 is 21.8 Å². The fourth-order valence-corrected chi connectivity index (χ4v) is 1.42. The first-order valence-electron chi connectivity index (χ1n) is 3.80. The molecule has 13 heavy (non-hydrogen) atoms. The Labute approximate surface area is 77.6 Å². The van der Waals surface area contributed by atoms with Crippen molar-refractivity contribution in [2.24, 2.45) is 0 Å². The van der Waals surface area contributed by atoms with Gasteiger partial charge in [0.1, 0.15) is 0 Å². The molecule has 0 aliphatic carbocycles. The molecule has 0 N–H and O–H groups in total. The van der Waals surface area contributed by atoms with Gasteiger partial charge < -0.3 is 9.47 Å². The fraction of sp³-hybridized carbons (Fsp3) is 0.714. The molecule has 6 heteroatoms. The third-order valence-electron chi connectivity index (χ3n) is 1.26.